The first-order valence-electron chi connectivity index (χ1n) is 12.7. The fraction of sp³-hybridized carbons (Fsp3) is 0.200. The molecule has 1 saturated heterocycles. The summed E-state index contributed by atoms with van der Waals surface area (Å²) in [4.78, 5) is 44.2. The zero-order chi connectivity index (χ0) is 27.3. The number of nitrogens with zero attached hydrogens (tertiary/aromatic N) is 2. The summed E-state index contributed by atoms with van der Waals surface area (Å²) >= 11 is 6.70. The first kappa shape index (κ1) is 25.0. The molecule has 2 aliphatic rings. The predicted octanol–water partition coefficient (Wildman–Crippen LogP) is 5.80. The van der Waals surface area contributed by atoms with Crippen LogP contribution in [0.25, 0.3) is 21.9 Å². The highest BCUT2D eigenvalue weighted by Gasteiger charge is 2.46. The average Bonchev–Trinajstić information content (AvgIpc) is 2.93. The van der Waals surface area contributed by atoms with E-state index in [4.69, 9.17) is 17.3 Å². The van der Waals surface area contributed by atoms with Crippen LogP contribution in [0.15, 0.2) is 73.1 Å². The van der Waals surface area contributed by atoms with Crippen LogP contribution >= 0.6 is 11.6 Å². The number of halogens is 2. The molecule has 2 fully saturated rings. The number of urea groups is 1. The van der Waals surface area contributed by atoms with Crippen LogP contribution in [0, 0.1) is 11.7 Å². The largest absolute Gasteiger partial charge is 0.366 e. The highest BCUT2D eigenvalue weighted by Crippen LogP contribution is 2.45. The standard InChI is InChI=1S/C30H24ClFN4O3/c31-23-7-3-6-20(16-9-11-24(32)22(12-16)28(33)37)27(23)17-8-10-21-25(13-17)35-30(39)36(29(21)38)26-15-34-14-18-4-1-2-5-19(18)26/h1-7,9,11-12,14-15,17,21,25H,8,10,13H2,(H2,33,37)(H,35,39). The molecule has 4 amide bonds. The number of imide groups is 1. The molecule has 196 valence electrons. The number of amides is 4. The first-order valence-corrected chi connectivity index (χ1v) is 13.1. The second kappa shape index (κ2) is 9.78. The molecular formula is C30H24ClFN4O3. The fourth-order valence-corrected chi connectivity index (χ4v) is 6.30. The van der Waals surface area contributed by atoms with Gasteiger partial charge in [-0.05, 0) is 60.1 Å². The van der Waals surface area contributed by atoms with Crippen molar-refractivity contribution < 1.29 is 18.8 Å². The number of nitrogens with two attached hydrogens (primary N) is 1. The number of carbonyl (C=O) groups is 3. The van der Waals surface area contributed by atoms with Gasteiger partial charge < -0.3 is 11.1 Å². The number of nitrogens with one attached hydrogen (secondary N) is 1. The number of hydrogen-bond acceptors (Lipinski definition) is 4. The predicted molar refractivity (Wildman–Crippen MR) is 147 cm³/mol. The number of primary amides is 1. The van der Waals surface area contributed by atoms with E-state index in [1.807, 2.05) is 30.3 Å². The molecule has 3 N–H and O–H groups in total. The van der Waals surface area contributed by atoms with Crippen LogP contribution in [0.4, 0.5) is 14.9 Å². The Bertz CT molecular complexity index is 1650. The van der Waals surface area contributed by atoms with Gasteiger partial charge in [0.1, 0.15) is 5.82 Å². The van der Waals surface area contributed by atoms with Gasteiger partial charge in [-0.3, -0.25) is 14.6 Å². The van der Waals surface area contributed by atoms with Gasteiger partial charge in [-0.1, -0.05) is 54.1 Å². The summed E-state index contributed by atoms with van der Waals surface area (Å²) in [6.07, 6.45) is 4.96. The molecule has 1 aromatic heterocycles. The summed E-state index contributed by atoms with van der Waals surface area (Å²) in [5.74, 6) is -2.26. The van der Waals surface area contributed by atoms with Gasteiger partial charge in [0.15, 0.2) is 0 Å². The Morgan fingerprint density at radius 2 is 1.87 bits per heavy atom. The van der Waals surface area contributed by atoms with Crippen molar-refractivity contribution in [3.05, 3.63) is 95.0 Å². The zero-order valence-corrected chi connectivity index (χ0v) is 21.5. The van der Waals surface area contributed by atoms with E-state index in [0.717, 1.165) is 21.9 Å². The lowest BCUT2D eigenvalue weighted by atomic mass is 9.72. The van der Waals surface area contributed by atoms with Crippen LogP contribution in [-0.2, 0) is 4.79 Å². The van der Waals surface area contributed by atoms with Gasteiger partial charge in [0.05, 0.1) is 23.4 Å². The number of rotatable bonds is 4. The van der Waals surface area contributed by atoms with Gasteiger partial charge in [0, 0.05) is 28.0 Å². The van der Waals surface area contributed by atoms with Crippen LogP contribution in [0.5, 0.6) is 0 Å². The summed E-state index contributed by atoms with van der Waals surface area (Å²) in [6.45, 7) is 0. The summed E-state index contributed by atoms with van der Waals surface area (Å²) in [5.41, 5.74) is 7.84. The van der Waals surface area contributed by atoms with Crippen LogP contribution in [-0.4, -0.2) is 28.9 Å². The fourth-order valence-electron chi connectivity index (χ4n) is 5.97. The summed E-state index contributed by atoms with van der Waals surface area (Å²) in [6, 6.07) is 16.3. The van der Waals surface area contributed by atoms with Crippen LogP contribution < -0.4 is 16.0 Å². The molecule has 39 heavy (non-hydrogen) atoms. The molecule has 1 aliphatic heterocycles. The van der Waals surface area contributed by atoms with Gasteiger partial charge in [-0.15, -0.1) is 0 Å². The molecule has 3 atom stereocenters. The van der Waals surface area contributed by atoms with E-state index in [-0.39, 0.29) is 23.4 Å². The summed E-state index contributed by atoms with van der Waals surface area (Å²) < 4.78 is 14.2. The van der Waals surface area contributed by atoms with Crippen molar-refractivity contribution in [1.29, 1.82) is 0 Å². The van der Waals surface area contributed by atoms with Gasteiger partial charge in [-0.25, -0.2) is 14.1 Å². The average molecular weight is 543 g/mol. The number of carbonyl (C=O) groups excluding carboxylic acids is 3. The van der Waals surface area contributed by atoms with Gasteiger partial charge >= 0.3 is 6.03 Å². The number of anilines is 1. The highest BCUT2D eigenvalue weighted by molar-refractivity contribution is 6.32. The Labute approximate surface area is 228 Å². The van der Waals surface area contributed by atoms with E-state index in [1.54, 1.807) is 30.6 Å². The van der Waals surface area contributed by atoms with E-state index in [2.05, 4.69) is 10.3 Å². The lowest BCUT2D eigenvalue weighted by molar-refractivity contribution is -0.124. The van der Waals surface area contributed by atoms with Crippen LogP contribution in [0.2, 0.25) is 5.02 Å². The molecule has 0 bridgehead atoms. The highest BCUT2D eigenvalue weighted by atomic mass is 35.5. The third-order valence-corrected chi connectivity index (χ3v) is 8.12. The summed E-state index contributed by atoms with van der Waals surface area (Å²) in [5, 5.41) is 5.20. The lowest BCUT2D eigenvalue weighted by Crippen LogP contribution is -2.61. The van der Waals surface area contributed by atoms with Gasteiger partial charge in [0.25, 0.3) is 5.91 Å². The number of aromatic nitrogens is 1. The third-order valence-electron chi connectivity index (χ3n) is 7.79. The number of pyridine rings is 1. The maximum Gasteiger partial charge on any atom is 0.329 e. The molecule has 3 aromatic carbocycles. The van der Waals surface area contributed by atoms with Crippen molar-refractivity contribution in [2.45, 2.75) is 31.2 Å². The number of hydrogen-bond donors (Lipinski definition) is 2. The minimum absolute atomic E-state index is 0.0732. The van der Waals surface area contributed by atoms with Gasteiger partial charge in [0.2, 0.25) is 5.91 Å². The van der Waals surface area contributed by atoms with E-state index < -0.39 is 23.7 Å². The van der Waals surface area contributed by atoms with Crippen molar-refractivity contribution in [1.82, 2.24) is 10.3 Å². The van der Waals surface area contributed by atoms with Crippen LogP contribution in [0.3, 0.4) is 0 Å². The zero-order valence-electron chi connectivity index (χ0n) is 20.7. The topological polar surface area (TPSA) is 105 Å². The molecule has 2 heterocycles. The number of fused-ring (bicyclic) bond motifs is 2. The second-order valence-corrected chi connectivity index (χ2v) is 10.4. The normalized spacial score (nSPS) is 21.0. The maximum atomic E-state index is 14.2. The Hall–Kier alpha value is -4.30. The minimum Gasteiger partial charge on any atom is -0.366 e. The minimum atomic E-state index is -0.854. The molecule has 1 aliphatic carbocycles. The van der Waals surface area contributed by atoms with E-state index in [9.17, 15) is 18.8 Å². The maximum absolute atomic E-state index is 14.2. The molecule has 7 nitrogen and oxygen atoms in total. The van der Waals surface area contributed by atoms with Gasteiger partial charge in [-0.2, -0.15) is 0 Å². The van der Waals surface area contributed by atoms with Crippen molar-refractivity contribution >= 4 is 45.9 Å². The Morgan fingerprint density at radius 3 is 2.69 bits per heavy atom. The van der Waals surface area contributed by atoms with E-state index in [0.29, 0.717) is 35.5 Å². The van der Waals surface area contributed by atoms with Crippen molar-refractivity contribution in [2.24, 2.45) is 11.7 Å². The summed E-state index contributed by atoms with van der Waals surface area (Å²) in [7, 11) is 0. The monoisotopic (exact) mass is 542 g/mol. The van der Waals surface area contributed by atoms with Crippen molar-refractivity contribution in [3.63, 3.8) is 0 Å². The van der Waals surface area contributed by atoms with E-state index in [1.165, 1.54) is 17.0 Å². The Morgan fingerprint density at radius 1 is 1.05 bits per heavy atom. The molecular weight excluding hydrogens is 519 g/mol. The molecule has 3 unspecified atom stereocenters. The third kappa shape index (κ3) is 4.30. The second-order valence-electron chi connectivity index (χ2n) is 9.99. The number of benzene rings is 3. The molecule has 0 radical (unpaired) electrons. The molecule has 0 spiro atoms. The lowest BCUT2D eigenvalue weighted by Gasteiger charge is -2.43. The van der Waals surface area contributed by atoms with E-state index >= 15 is 0 Å². The Balaban J connectivity index is 1.31. The molecule has 9 heteroatoms. The first-order chi connectivity index (χ1) is 18.8. The smallest absolute Gasteiger partial charge is 0.329 e. The Kier molecular flexibility index (Phi) is 6.27. The molecule has 6 rings (SSSR count). The SMILES string of the molecule is NC(=O)c1cc(-c2cccc(Cl)c2C2CCC3C(=O)N(c4cncc5ccccc45)C(=O)NC3C2)ccc1F. The van der Waals surface area contributed by atoms with Crippen molar-refractivity contribution in [3.8, 4) is 11.1 Å². The quantitative estimate of drug-likeness (QED) is 0.340. The molecule has 4 aromatic rings. The molecule has 1 saturated carbocycles. The van der Waals surface area contributed by atoms with Crippen molar-refractivity contribution in [2.75, 3.05) is 4.90 Å². The van der Waals surface area contributed by atoms with Crippen LogP contribution in [0.1, 0.15) is 41.1 Å².